The minimum absolute atomic E-state index is 0.0697. The van der Waals surface area contributed by atoms with Crippen LogP contribution in [0.2, 0.25) is 0 Å². The second kappa shape index (κ2) is 6.98. The Morgan fingerprint density at radius 1 is 1.32 bits per heavy atom. The highest BCUT2D eigenvalue weighted by Gasteiger charge is 2.33. The molecule has 0 radical (unpaired) electrons. The van der Waals surface area contributed by atoms with E-state index >= 15 is 0 Å². The normalized spacial score (nSPS) is 19.9. The molecule has 1 atom stereocenters. The lowest BCUT2D eigenvalue weighted by Crippen LogP contribution is -2.36. The Bertz CT molecular complexity index is 768. The summed E-state index contributed by atoms with van der Waals surface area (Å²) in [5.41, 5.74) is 3.98. The highest BCUT2D eigenvalue weighted by Crippen LogP contribution is 2.28. The van der Waals surface area contributed by atoms with Gasteiger partial charge < -0.3 is 9.42 Å². The van der Waals surface area contributed by atoms with Crippen LogP contribution in [0.3, 0.4) is 0 Å². The van der Waals surface area contributed by atoms with E-state index in [0.717, 1.165) is 74.9 Å². The summed E-state index contributed by atoms with van der Waals surface area (Å²) in [5, 5.41) is 4.13. The molecule has 0 spiro atoms. The van der Waals surface area contributed by atoms with Gasteiger partial charge in [0.2, 0.25) is 0 Å². The monoisotopic (exact) mass is 339 g/mol. The van der Waals surface area contributed by atoms with Crippen molar-refractivity contribution in [3.05, 3.63) is 46.6 Å². The number of carbonyl (C=O) groups is 1. The van der Waals surface area contributed by atoms with Crippen LogP contribution < -0.4 is 0 Å². The molecule has 1 unspecified atom stereocenters. The molecule has 4 rings (SSSR count). The lowest BCUT2D eigenvalue weighted by atomic mass is 9.96. The Kier molecular flexibility index (Phi) is 4.55. The number of hydrogen-bond donors (Lipinski definition) is 0. The molecular weight excluding hydrogens is 314 g/mol. The van der Waals surface area contributed by atoms with Gasteiger partial charge in [0.25, 0.3) is 5.91 Å². The Balaban J connectivity index is 1.46. The molecule has 1 amide bonds. The molecule has 1 aliphatic heterocycles. The van der Waals surface area contributed by atoms with Gasteiger partial charge in [-0.2, -0.15) is 0 Å². The van der Waals surface area contributed by atoms with Crippen molar-refractivity contribution in [3.8, 4) is 0 Å². The predicted molar refractivity (Wildman–Crippen MR) is 94.5 cm³/mol. The summed E-state index contributed by atoms with van der Waals surface area (Å²) in [7, 11) is 0. The van der Waals surface area contributed by atoms with Crippen LogP contribution in [0.15, 0.2) is 22.9 Å². The minimum Gasteiger partial charge on any atom is -0.360 e. The summed E-state index contributed by atoms with van der Waals surface area (Å²) in [5.74, 6) is 0.998. The number of carbonyl (C=O) groups excluding carboxylic acids is 1. The van der Waals surface area contributed by atoms with Gasteiger partial charge in [0.1, 0.15) is 5.76 Å². The van der Waals surface area contributed by atoms with E-state index in [1.54, 1.807) is 0 Å². The molecule has 2 aromatic rings. The third kappa shape index (κ3) is 3.32. The maximum Gasteiger partial charge on any atom is 0.276 e. The van der Waals surface area contributed by atoms with Crippen molar-refractivity contribution in [2.75, 3.05) is 6.54 Å². The van der Waals surface area contributed by atoms with Gasteiger partial charge in [-0.05, 0) is 69.6 Å². The average Bonchev–Trinajstić information content (AvgIpc) is 3.26. The van der Waals surface area contributed by atoms with Gasteiger partial charge in [-0.1, -0.05) is 5.16 Å². The van der Waals surface area contributed by atoms with Crippen LogP contribution in [0.25, 0.3) is 0 Å². The molecule has 3 heterocycles. The molecule has 1 aliphatic carbocycles. The van der Waals surface area contributed by atoms with E-state index < -0.39 is 0 Å². The van der Waals surface area contributed by atoms with E-state index in [1.807, 2.05) is 18.0 Å². The molecule has 0 bridgehead atoms. The van der Waals surface area contributed by atoms with E-state index in [4.69, 9.17) is 4.52 Å². The second-order valence-electron chi connectivity index (χ2n) is 7.28. The van der Waals surface area contributed by atoms with Gasteiger partial charge in [0.05, 0.1) is 0 Å². The van der Waals surface area contributed by atoms with Crippen LogP contribution in [-0.2, 0) is 19.3 Å². The van der Waals surface area contributed by atoms with Gasteiger partial charge in [0.15, 0.2) is 5.69 Å². The molecule has 2 aromatic heterocycles. The van der Waals surface area contributed by atoms with Gasteiger partial charge in [-0.15, -0.1) is 0 Å². The number of fused-ring (bicyclic) bond motifs is 1. The van der Waals surface area contributed by atoms with Gasteiger partial charge >= 0.3 is 0 Å². The van der Waals surface area contributed by atoms with Crippen molar-refractivity contribution in [3.63, 3.8) is 0 Å². The summed E-state index contributed by atoms with van der Waals surface area (Å²) < 4.78 is 5.44. The van der Waals surface area contributed by atoms with E-state index in [-0.39, 0.29) is 5.91 Å². The van der Waals surface area contributed by atoms with Gasteiger partial charge in [0, 0.05) is 36.5 Å². The number of amides is 1. The van der Waals surface area contributed by atoms with Gasteiger partial charge in [-0.25, -0.2) is 0 Å². The Morgan fingerprint density at radius 2 is 2.20 bits per heavy atom. The van der Waals surface area contributed by atoms with E-state index in [0.29, 0.717) is 11.7 Å². The number of aromatic nitrogens is 2. The van der Waals surface area contributed by atoms with Crippen LogP contribution in [0.4, 0.5) is 0 Å². The molecule has 0 N–H and O–H groups in total. The molecule has 1 fully saturated rings. The molecule has 2 aliphatic rings. The quantitative estimate of drug-likeness (QED) is 0.855. The molecule has 0 saturated carbocycles. The van der Waals surface area contributed by atoms with Crippen molar-refractivity contribution in [2.24, 2.45) is 0 Å². The zero-order valence-electron chi connectivity index (χ0n) is 14.8. The Hall–Kier alpha value is -2.17. The SMILES string of the molecule is Cc1cc(CCC2CCCN2C(=O)c2noc3c2CCCC3)ccn1. The number of rotatable bonds is 4. The smallest absolute Gasteiger partial charge is 0.276 e. The van der Waals surface area contributed by atoms with E-state index in [1.165, 1.54) is 5.56 Å². The number of likely N-dealkylation sites (tertiary alicyclic amines) is 1. The third-order valence-corrected chi connectivity index (χ3v) is 5.52. The first-order valence-electron chi connectivity index (χ1n) is 9.42. The first kappa shape index (κ1) is 16.3. The largest absolute Gasteiger partial charge is 0.360 e. The number of nitrogens with zero attached hydrogens (tertiary/aromatic N) is 3. The minimum atomic E-state index is 0.0697. The van der Waals surface area contributed by atoms with Crippen LogP contribution in [-0.4, -0.2) is 33.5 Å². The van der Waals surface area contributed by atoms with E-state index in [9.17, 15) is 4.79 Å². The highest BCUT2D eigenvalue weighted by atomic mass is 16.5. The lowest BCUT2D eigenvalue weighted by Gasteiger charge is -2.24. The molecule has 132 valence electrons. The summed E-state index contributed by atoms with van der Waals surface area (Å²) in [4.78, 5) is 19.3. The van der Waals surface area contributed by atoms with E-state index in [2.05, 4.69) is 22.3 Å². The average molecular weight is 339 g/mol. The molecule has 1 saturated heterocycles. The van der Waals surface area contributed by atoms with Crippen molar-refractivity contribution < 1.29 is 9.32 Å². The molecule has 5 nitrogen and oxygen atoms in total. The molecule has 5 heteroatoms. The van der Waals surface area contributed by atoms with Gasteiger partial charge in [-0.3, -0.25) is 9.78 Å². The highest BCUT2D eigenvalue weighted by molar-refractivity contribution is 5.94. The summed E-state index contributed by atoms with van der Waals surface area (Å²) in [6.45, 7) is 2.85. The maximum absolute atomic E-state index is 13.0. The maximum atomic E-state index is 13.0. The molecule has 0 aromatic carbocycles. The number of aryl methyl sites for hydroxylation is 3. The van der Waals surface area contributed by atoms with Crippen molar-refractivity contribution in [1.82, 2.24) is 15.0 Å². The second-order valence-corrected chi connectivity index (χ2v) is 7.28. The van der Waals surface area contributed by atoms with Crippen LogP contribution >= 0.6 is 0 Å². The summed E-state index contributed by atoms with van der Waals surface area (Å²) in [6.07, 6.45) is 10.1. The predicted octanol–water partition coefficient (Wildman–Crippen LogP) is 3.49. The number of pyridine rings is 1. The molecular formula is C20H25N3O2. The lowest BCUT2D eigenvalue weighted by molar-refractivity contribution is 0.0719. The first-order valence-corrected chi connectivity index (χ1v) is 9.42. The first-order chi connectivity index (χ1) is 12.2. The number of hydrogen-bond acceptors (Lipinski definition) is 4. The van der Waals surface area contributed by atoms with Crippen LogP contribution in [0.1, 0.15) is 65.2 Å². The fourth-order valence-corrected chi connectivity index (χ4v) is 4.19. The molecule has 25 heavy (non-hydrogen) atoms. The third-order valence-electron chi connectivity index (χ3n) is 5.52. The zero-order chi connectivity index (χ0) is 17.2. The summed E-state index contributed by atoms with van der Waals surface area (Å²) >= 11 is 0. The zero-order valence-corrected chi connectivity index (χ0v) is 14.8. The van der Waals surface area contributed by atoms with Crippen LogP contribution in [0, 0.1) is 6.92 Å². The Morgan fingerprint density at radius 3 is 3.08 bits per heavy atom. The fourth-order valence-electron chi connectivity index (χ4n) is 4.19. The van der Waals surface area contributed by atoms with Crippen molar-refractivity contribution >= 4 is 5.91 Å². The standard InChI is InChI=1S/C20H25N3O2/c1-14-13-15(10-11-21-14)8-9-16-5-4-12-23(16)20(24)19-17-6-2-3-7-18(17)25-22-19/h10-11,13,16H,2-9,12H2,1H3. The Labute approximate surface area is 148 Å². The topological polar surface area (TPSA) is 59.2 Å². The van der Waals surface area contributed by atoms with Crippen molar-refractivity contribution in [1.29, 1.82) is 0 Å². The fraction of sp³-hybridized carbons (Fsp3) is 0.550. The summed E-state index contributed by atoms with van der Waals surface area (Å²) in [6, 6.07) is 4.51. The van der Waals surface area contributed by atoms with Crippen molar-refractivity contribution in [2.45, 2.75) is 64.3 Å². The van der Waals surface area contributed by atoms with Crippen LogP contribution in [0.5, 0.6) is 0 Å².